The molecule has 0 N–H and O–H groups in total. The third-order valence-corrected chi connectivity index (χ3v) is 4.09. The second-order valence-corrected chi connectivity index (χ2v) is 5.50. The third kappa shape index (κ3) is 2.84. The van der Waals surface area contributed by atoms with Crippen LogP contribution in [0.2, 0.25) is 0 Å². The van der Waals surface area contributed by atoms with Gasteiger partial charge in [0.15, 0.2) is 0 Å². The van der Waals surface area contributed by atoms with E-state index in [1.54, 1.807) is 12.1 Å². The van der Waals surface area contributed by atoms with Crippen LogP contribution in [0.25, 0.3) is 11.0 Å². The van der Waals surface area contributed by atoms with Gasteiger partial charge in [-0.25, -0.2) is 4.79 Å². The molecule has 3 rings (SSSR count). The average molecular weight is 286 g/mol. The average Bonchev–Trinajstić information content (AvgIpc) is 3.00. The Kier molecular flexibility index (Phi) is 3.78. The van der Waals surface area contributed by atoms with Crippen LogP contribution in [0.1, 0.15) is 38.2 Å². The monoisotopic (exact) mass is 286 g/mol. The number of benzene rings is 1. The molecular formula is C17H18O4. The molecule has 1 aromatic heterocycles. The van der Waals surface area contributed by atoms with Crippen LogP contribution in [0, 0.1) is 5.92 Å². The molecule has 1 heterocycles. The van der Waals surface area contributed by atoms with Gasteiger partial charge in [-0.3, -0.25) is 4.79 Å². The number of rotatable bonds is 3. The lowest BCUT2D eigenvalue weighted by atomic mass is 10.1. The van der Waals surface area contributed by atoms with Crippen LogP contribution in [-0.4, -0.2) is 5.97 Å². The standard InChI is InChI=1S/C17H18O4/c1-2-11-9-16(18)21-15-10-13(7-8-14(11)15)20-17(19)12-5-3-4-6-12/h7-10,12H,2-6H2,1H3. The molecule has 0 bridgehead atoms. The van der Waals surface area contributed by atoms with Crippen LogP contribution in [0.3, 0.4) is 0 Å². The molecule has 1 aliphatic carbocycles. The summed E-state index contributed by atoms with van der Waals surface area (Å²) in [6.45, 7) is 1.99. The van der Waals surface area contributed by atoms with Crippen molar-refractivity contribution in [1.29, 1.82) is 0 Å². The zero-order valence-corrected chi connectivity index (χ0v) is 12.1. The van der Waals surface area contributed by atoms with E-state index < -0.39 is 0 Å². The number of esters is 1. The highest BCUT2D eigenvalue weighted by molar-refractivity contribution is 5.83. The molecule has 110 valence electrons. The van der Waals surface area contributed by atoms with Gasteiger partial charge in [0, 0.05) is 17.5 Å². The quantitative estimate of drug-likeness (QED) is 0.492. The molecule has 4 nitrogen and oxygen atoms in total. The lowest BCUT2D eigenvalue weighted by Gasteiger charge is -2.10. The maximum atomic E-state index is 12.0. The zero-order chi connectivity index (χ0) is 14.8. The van der Waals surface area contributed by atoms with Crippen molar-refractivity contribution in [1.82, 2.24) is 0 Å². The van der Waals surface area contributed by atoms with Crippen LogP contribution >= 0.6 is 0 Å². The molecule has 0 spiro atoms. The fourth-order valence-electron chi connectivity index (χ4n) is 2.93. The predicted molar refractivity (Wildman–Crippen MR) is 79.5 cm³/mol. The van der Waals surface area contributed by atoms with E-state index in [1.807, 2.05) is 13.0 Å². The normalized spacial score (nSPS) is 15.5. The van der Waals surface area contributed by atoms with Gasteiger partial charge in [-0.05, 0) is 37.0 Å². The second kappa shape index (κ2) is 5.72. The Hall–Kier alpha value is -2.10. The molecule has 0 saturated heterocycles. The van der Waals surface area contributed by atoms with Crippen molar-refractivity contribution in [3.8, 4) is 5.75 Å². The smallest absolute Gasteiger partial charge is 0.336 e. The van der Waals surface area contributed by atoms with Gasteiger partial charge in [0.25, 0.3) is 0 Å². The number of carbonyl (C=O) groups excluding carboxylic acids is 1. The van der Waals surface area contributed by atoms with Gasteiger partial charge >= 0.3 is 11.6 Å². The molecule has 4 heteroatoms. The Morgan fingerprint density at radius 1 is 1.29 bits per heavy atom. The van der Waals surface area contributed by atoms with E-state index in [9.17, 15) is 9.59 Å². The van der Waals surface area contributed by atoms with E-state index in [0.717, 1.165) is 43.1 Å². The summed E-state index contributed by atoms with van der Waals surface area (Å²) in [7, 11) is 0. The maximum Gasteiger partial charge on any atom is 0.336 e. The Morgan fingerprint density at radius 3 is 2.76 bits per heavy atom. The van der Waals surface area contributed by atoms with Crippen molar-refractivity contribution in [3.63, 3.8) is 0 Å². The highest BCUT2D eigenvalue weighted by atomic mass is 16.5. The van der Waals surface area contributed by atoms with Crippen molar-refractivity contribution in [2.24, 2.45) is 5.92 Å². The van der Waals surface area contributed by atoms with Crippen LogP contribution in [0.4, 0.5) is 0 Å². The molecule has 1 aromatic carbocycles. The third-order valence-electron chi connectivity index (χ3n) is 4.09. The first-order valence-electron chi connectivity index (χ1n) is 7.46. The van der Waals surface area contributed by atoms with Crippen molar-refractivity contribution >= 4 is 16.9 Å². The van der Waals surface area contributed by atoms with E-state index >= 15 is 0 Å². The number of hydrogen-bond donors (Lipinski definition) is 0. The Bertz CT molecular complexity index is 723. The Labute approximate surface area is 122 Å². The van der Waals surface area contributed by atoms with E-state index in [4.69, 9.17) is 9.15 Å². The van der Waals surface area contributed by atoms with Gasteiger partial charge in [-0.15, -0.1) is 0 Å². The highest BCUT2D eigenvalue weighted by Crippen LogP contribution is 2.28. The first-order valence-corrected chi connectivity index (χ1v) is 7.46. The van der Waals surface area contributed by atoms with Gasteiger partial charge in [-0.2, -0.15) is 0 Å². The lowest BCUT2D eigenvalue weighted by Crippen LogP contribution is -2.17. The highest BCUT2D eigenvalue weighted by Gasteiger charge is 2.24. The van der Waals surface area contributed by atoms with E-state index in [2.05, 4.69) is 0 Å². The Morgan fingerprint density at radius 2 is 2.05 bits per heavy atom. The minimum absolute atomic E-state index is 0.00896. The molecule has 1 fully saturated rings. The molecular weight excluding hydrogens is 268 g/mol. The van der Waals surface area contributed by atoms with Crippen LogP contribution in [-0.2, 0) is 11.2 Å². The molecule has 0 radical (unpaired) electrons. The SMILES string of the molecule is CCc1cc(=O)oc2cc(OC(=O)C3CCCC3)ccc12. The predicted octanol–water partition coefficient (Wildman–Crippen LogP) is 3.45. The van der Waals surface area contributed by atoms with Gasteiger partial charge < -0.3 is 9.15 Å². The van der Waals surface area contributed by atoms with Crippen molar-refractivity contribution in [2.75, 3.05) is 0 Å². The molecule has 0 atom stereocenters. The minimum atomic E-state index is -0.376. The number of ether oxygens (including phenoxy) is 1. The molecule has 2 aromatic rings. The second-order valence-electron chi connectivity index (χ2n) is 5.50. The first kappa shape index (κ1) is 13.9. The van der Waals surface area contributed by atoms with Crippen molar-refractivity contribution in [3.05, 3.63) is 40.2 Å². The summed E-state index contributed by atoms with van der Waals surface area (Å²) < 4.78 is 10.6. The van der Waals surface area contributed by atoms with E-state index in [1.165, 1.54) is 6.07 Å². The van der Waals surface area contributed by atoms with Gasteiger partial charge in [-0.1, -0.05) is 19.8 Å². The fourth-order valence-corrected chi connectivity index (χ4v) is 2.93. The molecule has 0 aliphatic heterocycles. The molecule has 1 aliphatic rings. The van der Waals surface area contributed by atoms with Crippen molar-refractivity contribution < 1.29 is 13.9 Å². The minimum Gasteiger partial charge on any atom is -0.426 e. The largest absolute Gasteiger partial charge is 0.426 e. The van der Waals surface area contributed by atoms with E-state index in [0.29, 0.717) is 11.3 Å². The summed E-state index contributed by atoms with van der Waals surface area (Å²) in [6, 6.07) is 6.73. The van der Waals surface area contributed by atoms with Gasteiger partial charge in [0.2, 0.25) is 0 Å². The summed E-state index contributed by atoms with van der Waals surface area (Å²) in [5.41, 5.74) is 1.03. The maximum absolute atomic E-state index is 12.0. The summed E-state index contributed by atoms with van der Waals surface area (Å²) in [5, 5.41) is 0.887. The molecule has 0 unspecified atom stereocenters. The molecule has 1 saturated carbocycles. The molecule has 0 amide bonds. The Balaban J connectivity index is 1.90. The van der Waals surface area contributed by atoms with Crippen LogP contribution in [0.15, 0.2) is 33.5 Å². The molecule has 21 heavy (non-hydrogen) atoms. The zero-order valence-electron chi connectivity index (χ0n) is 12.1. The van der Waals surface area contributed by atoms with Gasteiger partial charge in [0.1, 0.15) is 11.3 Å². The number of carbonyl (C=O) groups is 1. The van der Waals surface area contributed by atoms with Crippen LogP contribution < -0.4 is 10.4 Å². The van der Waals surface area contributed by atoms with Crippen LogP contribution in [0.5, 0.6) is 5.75 Å². The summed E-state index contributed by atoms with van der Waals surface area (Å²) in [6.07, 6.45) is 4.74. The number of aryl methyl sites for hydroxylation is 1. The van der Waals surface area contributed by atoms with Gasteiger partial charge in [0.05, 0.1) is 5.92 Å². The van der Waals surface area contributed by atoms with Crippen molar-refractivity contribution in [2.45, 2.75) is 39.0 Å². The van der Waals surface area contributed by atoms with E-state index in [-0.39, 0.29) is 17.5 Å². The summed E-state index contributed by atoms with van der Waals surface area (Å²) in [5.74, 6) is 0.270. The first-order chi connectivity index (χ1) is 10.2. The number of fused-ring (bicyclic) bond motifs is 1. The summed E-state index contributed by atoms with van der Waals surface area (Å²) in [4.78, 5) is 23.6. The topological polar surface area (TPSA) is 56.5 Å². The fraction of sp³-hybridized carbons (Fsp3) is 0.412. The number of hydrogen-bond acceptors (Lipinski definition) is 4. The lowest BCUT2D eigenvalue weighted by molar-refractivity contribution is -0.138. The summed E-state index contributed by atoms with van der Waals surface area (Å²) >= 11 is 0.